The first-order chi connectivity index (χ1) is 6.13. The van der Waals surface area contributed by atoms with Crippen molar-refractivity contribution in [1.29, 1.82) is 0 Å². The van der Waals surface area contributed by atoms with Crippen molar-refractivity contribution < 1.29 is 20.4 Å². The van der Waals surface area contributed by atoms with Gasteiger partial charge in [0.1, 0.15) is 0 Å². The molecule has 0 heterocycles. The maximum absolute atomic E-state index is 9.09. The SMILES string of the molecule is C[CH]N(CC(O)CO)CC(O)CO. The van der Waals surface area contributed by atoms with Crippen LogP contribution in [0.3, 0.4) is 0 Å². The Morgan fingerprint density at radius 3 is 1.69 bits per heavy atom. The van der Waals surface area contributed by atoms with Gasteiger partial charge in [0.25, 0.3) is 0 Å². The molecule has 1 radical (unpaired) electrons. The van der Waals surface area contributed by atoms with Crippen molar-refractivity contribution in [3.05, 3.63) is 6.54 Å². The molecule has 79 valence electrons. The van der Waals surface area contributed by atoms with Gasteiger partial charge in [0, 0.05) is 19.6 Å². The van der Waals surface area contributed by atoms with Crippen molar-refractivity contribution >= 4 is 0 Å². The third-order valence-electron chi connectivity index (χ3n) is 1.68. The van der Waals surface area contributed by atoms with E-state index in [2.05, 4.69) is 0 Å². The maximum atomic E-state index is 9.09. The molecule has 0 aliphatic heterocycles. The number of hydrogen-bond donors (Lipinski definition) is 4. The molecule has 0 amide bonds. The van der Waals surface area contributed by atoms with E-state index >= 15 is 0 Å². The molecule has 0 aromatic carbocycles. The van der Waals surface area contributed by atoms with Crippen LogP contribution in [0.25, 0.3) is 0 Å². The lowest BCUT2D eigenvalue weighted by molar-refractivity contribution is 0.0338. The monoisotopic (exact) mass is 192 g/mol. The molecule has 0 aromatic heterocycles. The van der Waals surface area contributed by atoms with Gasteiger partial charge in [-0.2, -0.15) is 0 Å². The smallest absolute Gasteiger partial charge is 0.0897 e. The van der Waals surface area contributed by atoms with Gasteiger partial charge < -0.3 is 20.4 Å². The van der Waals surface area contributed by atoms with Gasteiger partial charge in [-0.3, -0.25) is 4.90 Å². The zero-order valence-electron chi connectivity index (χ0n) is 7.80. The van der Waals surface area contributed by atoms with E-state index in [9.17, 15) is 0 Å². The quantitative estimate of drug-likeness (QED) is 0.381. The first-order valence-corrected chi connectivity index (χ1v) is 4.25. The number of nitrogens with zero attached hydrogens (tertiary/aromatic N) is 1. The lowest BCUT2D eigenvalue weighted by atomic mass is 10.3. The zero-order chi connectivity index (χ0) is 10.3. The summed E-state index contributed by atoms with van der Waals surface area (Å²) in [4.78, 5) is 1.64. The molecular formula is C8H18NO4. The number of rotatable bonds is 7. The third-order valence-corrected chi connectivity index (χ3v) is 1.68. The highest BCUT2D eigenvalue weighted by Gasteiger charge is 2.12. The van der Waals surface area contributed by atoms with E-state index in [1.165, 1.54) is 0 Å². The highest BCUT2D eigenvalue weighted by Crippen LogP contribution is 1.97. The summed E-state index contributed by atoms with van der Waals surface area (Å²) < 4.78 is 0. The van der Waals surface area contributed by atoms with Gasteiger partial charge in [0.05, 0.1) is 25.4 Å². The van der Waals surface area contributed by atoms with Gasteiger partial charge in [0.15, 0.2) is 0 Å². The molecule has 2 atom stereocenters. The Balaban J connectivity index is 3.74. The second-order valence-electron chi connectivity index (χ2n) is 2.88. The van der Waals surface area contributed by atoms with Gasteiger partial charge in [-0.15, -0.1) is 0 Å². The molecule has 5 heteroatoms. The van der Waals surface area contributed by atoms with Crippen molar-refractivity contribution in [1.82, 2.24) is 4.90 Å². The van der Waals surface area contributed by atoms with Gasteiger partial charge in [-0.05, 0) is 6.92 Å². The molecule has 0 fully saturated rings. The zero-order valence-corrected chi connectivity index (χ0v) is 7.80. The average molecular weight is 192 g/mol. The topological polar surface area (TPSA) is 84.2 Å². The normalized spacial score (nSPS) is 16.2. The minimum absolute atomic E-state index is 0.254. The fourth-order valence-electron chi connectivity index (χ4n) is 0.942. The Bertz CT molecular complexity index is 111. The molecule has 0 saturated carbocycles. The van der Waals surface area contributed by atoms with Crippen LogP contribution in [0, 0.1) is 6.54 Å². The van der Waals surface area contributed by atoms with Crippen molar-refractivity contribution in [2.45, 2.75) is 19.1 Å². The lowest BCUT2D eigenvalue weighted by Gasteiger charge is -2.23. The molecule has 0 aliphatic rings. The van der Waals surface area contributed by atoms with Crippen molar-refractivity contribution in [2.24, 2.45) is 0 Å². The molecular weight excluding hydrogens is 174 g/mol. The molecule has 2 unspecified atom stereocenters. The van der Waals surface area contributed by atoms with Gasteiger partial charge >= 0.3 is 0 Å². The molecule has 5 nitrogen and oxygen atoms in total. The van der Waals surface area contributed by atoms with Crippen LogP contribution in [0.5, 0.6) is 0 Å². The Morgan fingerprint density at radius 2 is 1.46 bits per heavy atom. The van der Waals surface area contributed by atoms with E-state index in [4.69, 9.17) is 20.4 Å². The predicted molar refractivity (Wildman–Crippen MR) is 47.7 cm³/mol. The largest absolute Gasteiger partial charge is 0.394 e. The lowest BCUT2D eigenvalue weighted by Crippen LogP contribution is -2.38. The number of aliphatic hydroxyl groups excluding tert-OH is 4. The van der Waals surface area contributed by atoms with Crippen LogP contribution in [-0.4, -0.2) is 63.8 Å². The summed E-state index contributed by atoms with van der Waals surface area (Å²) in [7, 11) is 0. The maximum Gasteiger partial charge on any atom is 0.0897 e. The average Bonchev–Trinajstić information content (AvgIpc) is 2.16. The van der Waals surface area contributed by atoms with E-state index in [1.54, 1.807) is 18.4 Å². The summed E-state index contributed by atoms with van der Waals surface area (Å²) in [5, 5.41) is 35.3. The summed E-state index contributed by atoms with van der Waals surface area (Å²) in [6.45, 7) is 3.35. The van der Waals surface area contributed by atoms with Gasteiger partial charge in [-0.25, -0.2) is 0 Å². The molecule has 4 N–H and O–H groups in total. The van der Waals surface area contributed by atoms with Crippen LogP contribution in [0.4, 0.5) is 0 Å². The summed E-state index contributed by atoms with van der Waals surface area (Å²) in [6, 6.07) is 0. The fourth-order valence-corrected chi connectivity index (χ4v) is 0.942. The van der Waals surface area contributed by atoms with Crippen LogP contribution < -0.4 is 0 Å². The molecule has 0 saturated heterocycles. The van der Waals surface area contributed by atoms with Crippen molar-refractivity contribution in [2.75, 3.05) is 26.3 Å². The van der Waals surface area contributed by atoms with Crippen LogP contribution in [0.1, 0.15) is 6.92 Å². The standard InChI is InChI=1S/C8H18NO4/c1-2-9(3-7(12)5-10)4-8(13)6-11/h2,7-8,10-13H,3-6H2,1H3. The molecule has 0 spiro atoms. The van der Waals surface area contributed by atoms with Crippen LogP contribution in [0.2, 0.25) is 0 Å². The number of aliphatic hydroxyl groups is 4. The third kappa shape index (κ3) is 5.95. The minimum atomic E-state index is -0.818. The van der Waals surface area contributed by atoms with E-state index in [-0.39, 0.29) is 26.3 Å². The van der Waals surface area contributed by atoms with E-state index in [0.717, 1.165) is 0 Å². The summed E-state index contributed by atoms with van der Waals surface area (Å²) in [6.07, 6.45) is -1.64. The molecule has 0 bridgehead atoms. The minimum Gasteiger partial charge on any atom is -0.394 e. The van der Waals surface area contributed by atoms with Gasteiger partial charge in [-0.1, -0.05) is 0 Å². The van der Waals surface area contributed by atoms with Crippen LogP contribution in [0.15, 0.2) is 0 Å². The summed E-state index contributed by atoms with van der Waals surface area (Å²) in [5.41, 5.74) is 0. The van der Waals surface area contributed by atoms with Gasteiger partial charge in [0.2, 0.25) is 0 Å². The fraction of sp³-hybridized carbons (Fsp3) is 0.875. The molecule has 0 aromatic rings. The number of hydrogen-bond acceptors (Lipinski definition) is 5. The highest BCUT2D eigenvalue weighted by molar-refractivity contribution is 4.71. The molecule has 0 rings (SSSR count). The Hall–Kier alpha value is -0.200. The summed E-state index contributed by atoms with van der Waals surface area (Å²) >= 11 is 0. The van der Waals surface area contributed by atoms with Crippen LogP contribution >= 0.6 is 0 Å². The molecule has 13 heavy (non-hydrogen) atoms. The first-order valence-electron chi connectivity index (χ1n) is 4.25. The second-order valence-corrected chi connectivity index (χ2v) is 2.88. The Morgan fingerprint density at radius 1 is 1.08 bits per heavy atom. The van der Waals surface area contributed by atoms with E-state index in [1.807, 2.05) is 0 Å². The van der Waals surface area contributed by atoms with Crippen LogP contribution in [-0.2, 0) is 0 Å². The van der Waals surface area contributed by atoms with E-state index in [0.29, 0.717) is 0 Å². The molecule has 0 aliphatic carbocycles. The van der Waals surface area contributed by atoms with E-state index < -0.39 is 12.2 Å². The highest BCUT2D eigenvalue weighted by atomic mass is 16.3. The first kappa shape index (κ1) is 12.8. The Kier molecular flexibility index (Phi) is 7.12. The Labute approximate surface area is 78.2 Å². The summed E-state index contributed by atoms with van der Waals surface area (Å²) in [5.74, 6) is 0. The second kappa shape index (κ2) is 7.23. The van der Waals surface area contributed by atoms with Crippen molar-refractivity contribution in [3.8, 4) is 0 Å². The predicted octanol–water partition coefficient (Wildman–Crippen LogP) is -1.82. The van der Waals surface area contributed by atoms with Crippen molar-refractivity contribution in [3.63, 3.8) is 0 Å².